The van der Waals surface area contributed by atoms with Crippen LogP contribution in [-0.2, 0) is 6.42 Å². The third kappa shape index (κ3) is 4.61. The number of anilines is 2. The highest BCUT2D eigenvalue weighted by molar-refractivity contribution is 5.78. The van der Waals surface area contributed by atoms with Crippen molar-refractivity contribution in [3.05, 3.63) is 90.8 Å². The molecule has 176 valence electrons. The van der Waals surface area contributed by atoms with E-state index in [0.29, 0.717) is 11.6 Å². The summed E-state index contributed by atoms with van der Waals surface area (Å²) < 4.78 is 18.7. The molecule has 0 amide bonds. The number of nitrogens with zero attached hydrogens (tertiary/aromatic N) is 3. The normalized spacial score (nSPS) is 10.8. The van der Waals surface area contributed by atoms with Gasteiger partial charge in [0.05, 0.1) is 20.4 Å². The number of ether oxygens (including phenoxy) is 3. The lowest BCUT2D eigenvalue weighted by atomic mass is 10.1. The first-order valence-corrected chi connectivity index (χ1v) is 11.4. The lowest BCUT2D eigenvalue weighted by Crippen LogP contribution is -2.00. The molecule has 0 aliphatic carbocycles. The van der Waals surface area contributed by atoms with E-state index in [-0.39, 0.29) is 0 Å². The van der Waals surface area contributed by atoms with Crippen LogP contribution in [0.25, 0.3) is 16.8 Å². The minimum atomic E-state index is 0.679. The number of methoxy groups -OCH3 is 2. The molecular formula is C28H26N4O3. The number of para-hydroxylation sites is 1. The summed E-state index contributed by atoms with van der Waals surface area (Å²) in [5.74, 6) is 3.71. The topological polar surface area (TPSA) is 69.9 Å². The van der Waals surface area contributed by atoms with Crippen molar-refractivity contribution in [2.45, 2.75) is 13.3 Å². The summed E-state index contributed by atoms with van der Waals surface area (Å²) in [4.78, 5) is 4.84. The van der Waals surface area contributed by atoms with Crippen LogP contribution in [0.15, 0.2) is 85.2 Å². The van der Waals surface area contributed by atoms with Crippen molar-refractivity contribution >= 4 is 17.2 Å². The van der Waals surface area contributed by atoms with E-state index >= 15 is 0 Å². The summed E-state index contributed by atoms with van der Waals surface area (Å²) in [6, 6.07) is 23.5. The number of hydrogen-bond acceptors (Lipinski definition) is 6. The Hall–Kier alpha value is -4.52. The van der Waals surface area contributed by atoms with Gasteiger partial charge in [-0.15, -0.1) is 0 Å². The van der Waals surface area contributed by atoms with Gasteiger partial charge in [0.25, 0.3) is 0 Å². The molecule has 5 aromatic rings. The summed E-state index contributed by atoms with van der Waals surface area (Å²) in [6.45, 7) is 2.08. The number of fused-ring (bicyclic) bond motifs is 1. The van der Waals surface area contributed by atoms with Gasteiger partial charge in [-0.25, -0.2) is 9.50 Å². The van der Waals surface area contributed by atoms with E-state index in [2.05, 4.69) is 23.4 Å². The fourth-order valence-electron chi connectivity index (χ4n) is 4.00. The molecule has 1 N–H and O–H groups in total. The monoisotopic (exact) mass is 466 g/mol. The molecule has 35 heavy (non-hydrogen) atoms. The van der Waals surface area contributed by atoms with Crippen LogP contribution in [0.5, 0.6) is 23.0 Å². The van der Waals surface area contributed by atoms with E-state index in [4.69, 9.17) is 19.2 Å². The Labute approximate surface area is 203 Å². The van der Waals surface area contributed by atoms with Crippen LogP contribution in [0.3, 0.4) is 0 Å². The molecule has 7 nitrogen and oxygen atoms in total. The Balaban J connectivity index is 1.42. The lowest BCUT2D eigenvalue weighted by molar-refractivity contribution is 0.352. The highest BCUT2D eigenvalue weighted by Gasteiger charge is 2.13. The van der Waals surface area contributed by atoms with Gasteiger partial charge < -0.3 is 19.5 Å². The van der Waals surface area contributed by atoms with E-state index in [9.17, 15) is 0 Å². The maximum Gasteiger partial charge on any atom is 0.165 e. The molecule has 0 fully saturated rings. The molecule has 7 heteroatoms. The fraction of sp³-hybridized carbons (Fsp3) is 0.143. The van der Waals surface area contributed by atoms with Gasteiger partial charge >= 0.3 is 0 Å². The Bertz CT molecular complexity index is 1420. The second kappa shape index (κ2) is 9.77. The third-order valence-corrected chi connectivity index (χ3v) is 5.72. The molecule has 0 bridgehead atoms. The summed E-state index contributed by atoms with van der Waals surface area (Å²) in [7, 11) is 3.29. The Morgan fingerprint density at radius 1 is 0.886 bits per heavy atom. The van der Waals surface area contributed by atoms with Gasteiger partial charge in [-0.05, 0) is 53.9 Å². The van der Waals surface area contributed by atoms with Crippen LogP contribution in [-0.4, -0.2) is 28.8 Å². The molecule has 0 saturated heterocycles. The Kier molecular flexibility index (Phi) is 6.22. The second-order valence-corrected chi connectivity index (χ2v) is 7.93. The predicted molar refractivity (Wildman–Crippen MR) is 137 cm³/mol. The number of aromatic nitrogens is 3. The van der Waals surface area contributed by atoms with Crippen LogP contribution in [0.2, 0.25) is 0 Å². The van der Waals surface area contributed by atoms with Crippen LogP contribution < -0.4 is 19.5 Å². The van der Waals surface area contributed by atoms with Gasteiger partial charge in [-0.3, -0.25) is 0 Å². The van der Waals surface area contributed by atoms with Crippen molar-refractivity contribution in [2.24, 2.45) is 0 Å². The van der Waals surface area contributed by atoms with Gasteiger partial charge in [-0.1, -0.05) is 37.3 Å². The molecule has 0 radical (unpaired) electrons. The average molecular weight is 467 g/mol. The summed E-state index contributed by atoms with van der Waals surface area (Å²) >= 11 is 0. The largest absolute Gasteiger partial charge is 0.493 e. The van der Waals surface area contributed by atoms with Crippen molar-refractivity contribution in [2.75, 3.05) is 19.5 Å². The quantitative estimate of drug-likeness (QED) is 0.281. The zero-order valence-corrected chi connectivity index (χ0v) is 19.9. The maximum atomic E-state index is 5.91. The molecule has 3 aromatic carbocycles. The first-order valence-electron chi connectivity index (χ1n) is 11.4. The molecule has 2 heterocycles. The van der Waals surface area contributed by atoms with Crippen molar-refractivity contribution in [1.29, 1.82) is 0 Å². The van der Waals surface area contributed by atoms with E-state index in [1.807, 2.05) is 79.1 Å². The third-order valence-electron chi connectivity index (χ3n) is 5.72. The lowest BCUT2D eigenvalue weighted by Gasteiger charge is -2.15. The highest BCUT2D eigenvalue weighted by Crippen LogP contribution is 2.36. The Morgan fingerprint density at radius 3 is 2.37 bits per heavy atom. The molecule has 0 saturated carbocycles. The van der Waals surface area contributed by atoms with Crippen molar-refractivity contribution in [3.8, 4) is 34.1 Å². The second-order valence-electron chi connectivity index (χ2n) is 7.93. The van der Waals surface area contributed by atoms with E-state index in [1.54, 1.807) is 18.7 Å². The zero-order valence-electron chi connectivity index (χ0n) is 19.9. The van der Waals surface area contributed by atoms with Crippen LogP contribution in [0, 0.1) is 0 Å². The van der Waals surface area contributed by atoms with Gasteiger partial charge in [0, 0.05) is 23.5 Å². The number of aryl methyl sites for hydroxylation is 1. The maximum absolute atomic E-state index is 5.91. The number of rotatable bonds is 8. The smallest absolute Gasteiger partial charge is 0.165 e. The van der Waals surface area contributed by atoms with Gasteiger partial charge in [0.1, 0.15) is 17.3 Å². The minimum Gasteiger partial charge on any atom is -0.493 e. The van der Waals surface area contributed by atoms with Gasteiger partial charge in [-0.2, -0.15) is 5.10 Å². The van der Waals surface area contributed by atoms with Crippen molar-refractivity contribution < 1.29 is 14.2 Å². The molecule has 5 rings (SSSR count). The Morgan fingerprint density at radius 2 is 1.66 bits per heavy atom. The summed E-state index contributed by atoms with van der Waals surface area (Å²) in [6.07, 6.45) is 4.53. The standard InChI is InChI=1S/C28H26N4O3/c1-4-19-16-21(17-25(33-2)27(19)34-3)30-26-14-15-32-28(31-26)24(18-29-32)20-10-12-23(13-11-20)35-22-8-6-5-7-9-22/h5-18H,4H2,1-3H3,(H,30,31). The minimum absolute atomic E-state index is 0.679. The number of benzene rings is 3. The van der Waals surface area contributed by atoms with Crippen molar-refractivity contribution in [1.82, 2.24) is 14.6 Å². The van der Waals surface area contributed by atoms with Gasteiger partial charge in [0.2, 0.25) is 0 Å². The molecule has 0 atom stereocenters. The number of nitrogens with one attached hydrogen (secondary N) is 1. The highest BCUT2D eigenvalue weighted by atomic mass is 16.5. The summed E-state index contributed by atoms with van der Waals surface area (Å²) in [5.41, 5.74) is 4.62. The molecule has 0 aliphatic rings. The molecule has 0 unspecified atom stereocenters. The van der Waals surface area contributed by atoms with Crippen LogP contribution in [0.4, 0.5) is 11.5 Å². The van der Waals surface area contributed by atoms with Gasteiger partial charge in [0.15, 0.2) is 17.1 Å². The van der Waals surface area contributed by atoms with E-state index in [1.165, 1.54) is 0 Å². The zero-order chi connectivity index (χ0) is 24.2. The van der Waals surface area contributed by atoms with E-state index < -0.39 is 0 Å². The predicted octanol–water partition coefficient (Wildman–Crippen LogP) is 6.51. The molecule has 0 aliphatic heterocycles. The average Bonchev–Trinajstić information content (AvgIpc) is 3.32. The van der Waals surface area contributed by atoms with Crippen LogP contribution in [0.1, 0.15) is 12.5 Å². The summed E-state index contributed by atoms with van der Waals surface area (Å²) in [5, 5.41) is 7.86. The number of hydrogen-bond donors (Lipinski definition) is 1. The van der Waals surface area contributed by atoms with E-state index in [0.717, 1.165) is 51.7 Å². The fourth-order valence-corrected chi connectivity index (χ4v) is 4.00. The first kappa shape index (κ1) is 22.3. The molecule has 0 spiro atoms. The van der Waals surface area contributed by atoms with Crippen LogP contribution >= 0.6 is 0 Å². The molecular weight excluding hydrogens is 440 g/mol. The molecule has 2 aromatic heterocycles. The van der Waals surface area contributed by atoms with Crippen molar-refractivity contribution in [3.63, 3.8) is 0 Å². The first-order chi connectivity index (χ1) is 17.2. The SMILES string of the molecule is CCc1cc(Nc2ccn3ncc(-c4ccc(Oc5ccccc5)cc4)c3n2)cc(OC)c1OC.